The van der Waals surface area contributed by atoms with Crippen LogP contribution in [0.4, 0.5) is 4.79 Å². The summed E-state index contributed by atoms with van der Waals surface area (Å²) in [6.45, 7) is 4.06. The molecule has 1 aromatic rings. The fourth-order valence-electron chi connectivity index (χ4n) is 1.72. The highest BCUT2D eigenvalue weighted by Gasteiger charge is 2.20. The molecule has 1 heterocycles. The highest BCUT2D eigenvalue weighted by molar-refractivity contribution is 5.82. The number of urea groups is 1. The van der Waals surface area contributed by atoms with Crippen molar-refractivity contribution >= 4 is 12.0 Å². The van der Waals surface area contributed by atoms with Crippen LogP contribution in [0.25, 0.3) is 0 Å². The van der Waals surface area contributed by atoms with Crippen molar-refractivity contribution in [1.29, 1.82) is 0 Å². The van der Waals surface area contributed by atoms with Crippen LogP contribution < -0.4 is 15.4 Å². The zero-order valence-electron chi connectivity index (χ0n) is 12.4. The Morgan fingerprint density at radius 1 is 1.38 bits per heavy atom. The van der Waals surface area contributed by atoms with Crippen molar-refractivity contribution in [2.24, 2.45) is 5.92 Å². The van der Waals surface area contributed by atoms with Gasteiger partial charge in [-0.25, -0.2) is 14.6 Å². The number of pyridine rings is 1. The first-order valence-electron chi connectivity index (χ1n) is 6.68. The maximum atomic E-state index is 11.7. The van der Waals surface area contributed by atoms with Crippen LogP contribution in [0.1, 0.15) is 25.8 Å². The Hall–Kier alpha value is -2.31. The second kappa shape index (κ2) is 8.08. The average molecular weight is 295 g/mol. The Kier molecular flexibility index (Phi) is 6.45. The van der Waals surface area contributed by atoms with Crippen LogP contribution in [-0.2, 0) is 11.3 Å². The van der Waals surface area contributed by atoms with E-state index in [0.29, 0.717) is 12.3 Å². The number of methoxy groups -OCH3 is 1. The molecule has 0 saturated heterocycles. The Balaban J connectivity index is 2.46. The smallest absolute Gasteiger partial charge is 0.326 e. The lowest BCUT2D eigenvalue weighted by Gasteiger charge is -2.16. The van der Waals surface area contributed by atoms with E-state index in [1.54, 1.807) is 18.3 Å². The molecular weight excluding hydrogens is 274 g/mol. The minimum Gasteiger partial charge on any atom is -0.481 e. The van der Waals surface area contributed by atoms with Gasteiger partial charge in [-0.15, -0.1) is 0 Å². The quantitative estimate of drug-likeness (QED) is 0.705. The summed E-state index contributed by atoms with van der Waals surface area (Å²) in [6, 6.07) is 2.06. The van der Waals surface area contributed by atoms with Gasteiger partial charge in [0.2, 0.25) is 5.88 Å². The monoisotopic (exact) mass is 295 g/mol. The zero-order chi connectivity index (χ0) is 15.8. The molecule has 0 aliphatic rings. The molecule has 116 valence electrons. The zero-order valence-corrected chi connectivity index (χ0v) is 12.4. The molecule has 7 heteroatoms. The maximum absolute atomic E-state index is 11.7. The molecule has 0 spiro atoms. The molecule has 1 rings (SSSR count). The highest BCUT2D eigenvalue weighted by atomic mass is 16.5. The third-order valence-corrected chi connectivity index (χ3v) is 2.77. The van der Waals surface area contributed by atoms with Gasteiger partial charge in [-0.05, 0) is 17.9 Å². The largest absolute Gasteiger partial charge is 0.481 e. The van der Waals surface area contributed by atoms with Gasteiger partial charge in [0.15, 0.2) is 0 Å². The SMILES string of the molecule is COc1ccc(CNC(=O)N[C@H](CC(C)C)C(=O)O)cn1. The van der Waals surface area contributed by atoms with Crippen molar-refractivity contribution in [3.8, 4) is 5.88 Å². The van der Waals surface area contributed by atoms with E-state index < -0.39 is 18.0 Å². The molecule has 0 aliphatic heterocycles. The summed E-state index contributed by atoms with van der Waals surface area (Å²) >= 11 is 0. The fraction of sp³-hybridized carbons (Fsp3) is 0.500. The van der Waals surface area contributed by atoms with Gasteiger partial charge in [0.05, 0.1) is 7.11 Å². The van der Waals surface area contributed by atoms with E-state index in [4.69, 9.17) is 9.84 Å². The maximum Gasteiger partial charge on any atom is 0.326 e. The molecule has 0 unspecified atom stereocenters. The summed E-state index contributed by atoms with van der Waals surface area (Å²) < 4.78 is 4.93. The molecule has 7 nitrogen and oxygen atoms in total. The second-order valence-corrected chi connectivity index (χ2v) is 5.06. The van der Waals surface area contributed by atoms with Gasteiger partial charge in [-0.1, -0.05) is 19.9 Å². The van der Waals surface area contributed by atoms with E-state index >= 15 is 0 Å². The van der Waals surface area contributed by atoms with Gasteiger partial charge >= 0.3 is 12.0 Å². The Morgan fingerprint density at radius 3 is 2.57 bits per heavy atom. The average Bonchev–Trinajstić information content (AvgIpc) is 2.44. The predicted octanol–water partition coefficient (Wildman–Crippen LogP) is 1.39. The second-order valence-electron chi connectivity index (χ2n) is 5.06. The first kappa shape index (κ1) is 16.7. The van der Waals surface area contributed by atoms with Gasteiger partial charge in [0, 0.05) is 18.8 Å². The molecule has 0 fully saturated rings. The molecule has 0 saturated carbocycles. The van der Waals surface area contributed by atoms with Gasteiger partial charge in [-0.3, -0.25) is 0 Å². The molecule has 3 N–H and O–H groups in total. The molecule has 2 amide bonds. The Morgan fingerprint density at radius 2 is 2.10 bits per heavy atom. The summed E-state index contributed by atoms with van der Waals surface area (Å²) in [7, 11) is 1.52. The number of rotatable bonds is 7. The van der Waals surface area contributed by atoms with E-state index in [9.17, 15) is 9.59 Å². The molecule has 1 aromatic heterocycles. The van der Waals surface area contributed by atoms with Crippen LogP contribution in [-0.4, -0.2) is 35.2 Å². The highest BCUT2D eigenvalue weighted by Crippen LogP contribution is 2.07. The lowest BCUT2D eigenvalue weighted by atomic mass is 10.0. The number of carboxylic acids is 1. The van der Waals surface area contributed by atoms with Crippen molar-refractivity contribution in [2.45, 2.75) is 32.9 Å². The van der Waals surface area contributed by atoms with Crippen LogP contribution in [0, 0.1) is 5.92 Å². The van der Waals surface area contributed by atoms with E-state index in [-0.39, 0.29) is 12.5 Å². The topological polar surface area (TPSA) is 101 Å². The van der Waals surface area contributed by atoms with Crippen LogP contribution >= 0.6 is 0 Å². The number of aromatic nitrogens is 1. The molecule has 0 aromatic carbocycles. The molecule has 0 radical (unpaired) electrons. The predicted molar refractivity (Wildman–Crippen MR) is 77.0 cm³/mol. The van der Waals surface area contributed by atoms with Crippen molar-refractivity contribution in [3.63, 3.8) is 0 Å². The number of hydrogen-bond acceptors (Lipinski definition) is 4. The summed E-state index contributed by atoms with van der Waals surface area (Å²) in [5.41, 5.74) is 0.793. The summed E-state index contributed by atoms with van der Waals surface area (Å²) in [5.74, 6) is -0.367. The van der Waals surface area contributed by atoms with Crippen molar-refractivity contribution < 1.29 is 19.4 Å². The number of ether oxygens (including phenoxy) is 1. The van der Waals surface area contributed by atoms with E-state index in [1.807, 2.05) is 13.8 Å². The molecule has 21 heavy (non-hydrogen) atoms. The summed E-state index contributed by atoms with van der Waals surface area (Å²) in [4.78, 5) is 26.8. The standard InChI is InChI=1S/C14H21N3O4/c1-9(2)6-11(13(18)19)17-14(20)16-8-10-4-5-12(21-3)15-7-10/h4-5,7,9,11H,6,8H2,1-3H3,(H,18,19)(H2,16,17,20)/t11-/m1/s1. The normalized spacial score (nSPS) is 11.8. The molecular formula is C14H21N3O4. The van der Waals surface area contributed by atoms with Gasteiger partial charge < -0.3 is 20.5 Å². The number of carboxylic acid groups (broad SMARTS) is 1. The molecule has 1 atom stereocenters. The van der Waals surface area contributed by atoms with Crippen molar-refractivity contribution in [3.05, 3.63) is 23.9 Å². The minimum atomic E-state index is -1.04. The van der Waals surface area contributed by atoms with E-state index in [2.05, 4.69) is 15.6 Å². The number of nitrogens with zero attached hydrogens (tertiary/aromatic N) is 1. The van der Waals surface area contributed by atoms with Crippen LogP contribution in [0.2, 0.25) is 0 Å². The van der Waals surface area contributed by atoms with Gasteiger partial charge in [0.1, 0.15) is 6.04 Å². The molecule has 0 aliphatic carbocycles. The number of carbonyl (C=O) groups excluding carboxylic acids is 1. The van der Waals surface area contributed by atoms with E-state index in [1.165, 1.54) is 7.11 Å². The summed E-state index contributed by atoms with van der Waals surface area (Å²) in [5, 5.41) is 14.1. The van der Waals surface area contributed by atoms with Gasteiger partial charge in [-0.2, -0.15) is 0 Å². The third-order valence-electron chi connectivity index (χ3n) is 2.77. The number of hydrogen-bond donors (Lipinski definition) is 3. The number of carbonyl (C=O) groups is 2. The fourth-order valence-corrected chi connectivity index (χ4v) is 1.72. The lowest BCUT2D eigenvalue weighted by Crippen LogP contribution is -2.46. The van der Waals surface area contributed by atoms with Crippen LogP contribution in [0.5, 0.6) is 5.88 Å². The lowest BCUT2D eigenvalue weighted by molar-refractivity contribution is -0.139. The Bertz CT molecular complexity index is 474. The van der Waals surface area contributed by atoms with Gasteiger partial charge in [0.25, 0.3) is 0 Å². The van der Waals surface area contributed by atoms with Crippen molar-refractivity contribution in [2.75, 3.05) is 7.11 Å². The van der Waals surface area contributed by atoms with Crippen molar-refractivity contribution in [1.82, 2.24) is 15.6 Å². The first-order chi connectivity index (χ1) is 9.92. The minimum absolute atomic E-state index is 0.178. The summed E-state index contributed by atoms with van der Waals surface area (Å²) in [6.07, 6.45) is 1.97. The number of aliphatic carboxylic acids is 1. The third kappa shape index (κ3) is 6.11. The Labute approximate surface area is 123 Å². The molecule has 0 bridgehead atoms. The van der Waals surface area contributed by atoms with Crippen LogP contribution in [0.3, 0.4) is 0 Å². The number of nitrogens with one attached hydrogen (secondary N) is 2. The van der Waals surface area contributed by atoms with E-state index in [0.717, 1.165) is 5.56 Å². The first-order valence-corrected chi connectivity index (χ1v) is 6.68. The number of amides is 2. The van der Waals surface area contributed by atoms with Crippen LogP contribution in [0.15, 0.2) is 18.3 Å².